The van der Waals surface area contributed by atoms with Crippen LogP contribution in [0.5, 0.6) is 0 Å². The van der Waals surface area contributed by atoms with Crippen molar-refractivity contribution in [2.24, 2.45) is 10.7 Å². The Morgan fingerprint density at radius 1 is 1.41 bits per heavy atom. The molecule has 2 N–H and O–H groups in total. The number of nitrogens with zero attached hydrogens (tertiary/aromatic N) is 1. The summed E-state index contributed by atoms with van der Waals surface area (Å²) in [6, 6.07) is 3.75. The highest BCUT2D eigenvalue weighted by Gasteiger charge is 2.32. The van der Waals surface area contributed by atoms with E-state index >= 15 is 0 Å². The smallest absolute Gasteiger partial charge is 0.164 e. The van der Waals surface area contributed by atoms with Gasteiger partial charge in [-0.15, -0.1) is 11.8 Å². The fourth-order valence-electron chi connectivity index (χ4n) is 1.66. The van der Waals surface area contributed by atoms with Crippen molar-refractivity contribution in [3.63, 3.8) is 0 Å². The van der Waals surface area contributed by atoms with Crippen molar-refractivity contribution in [3.8, 4) is 0 Å². The van der Waals surface area contributed by atoms with Crippen LogP contribution in [0.4, 0.5) is 8.78 Å². The predicted molar refractivity (Wildman–Crippen MR) is 67.3 cm³/mol. The van der Waals surface area contributed by atoms with E-state index in [-0.39, 0.29) is 10.3 Å². The van der Waals surface area contributed by atoms with Gasteiger partial charge in [0, 0.05) is 11.3 Å². The second-order valence-corrected chi connectivity index (χ2v) is 6.14. The summed E-state index contributed by atoms with van der Waals surface area (Å²) in [5, 5.41) is 0. The molecule has 92 valence electrons. The first-order valence-corrected chi connectivity index (χ1v) is 6.32. The number of hydrogen-bond acceptors (Lipinski definition) is 3. The highest BCUT2D eigenvalue weighted by Crippen LogP contribution is 2.37. The van der Waals surface area contributed by atoms with E-state index in [1.165, 1.54) is 6.07 Å². The third-order valence-corrected chi connectivity index (χ3v) is 4.27. The molecule has 1 aromatic rings. The van der Waals surface area contributed by atoms with Gasteiger partial charge in [-0.3, -0.25) is 4.99 Å². The Labute approximate surface area is 103 Å². The maximum absolute atomic E-state index is 13.6. The zero-order chi connectivity index (χ0) is 12.6. The minimum Gasteiger partial charge on any atom is -0.386 e. The monoisotopic (exact) mass is 256 g/mol. The molecule has 0 fully saturated rings. The van der Waals surface area contributed by atoms with Crippen molar-refractivity contribution < 1.29 is 8.78 Å². The van der Waals surface area contributed by atoms with Crippen LogP contribution >= 0.6 is 11.8 Å². The van der Waals surface area contributed by atoms with Gasteiger partial charge in [0.05, 0.1) is 10.8 Å². The molecule has 1 aromatic carbocycles. The molecule has 0 radical (unpaired) electrons. The summed E-state index contributed by atoms with van der Waals surface area (Å²) in [6.45, 7) is 3.93. The van der Waals surface area contributed by atoms with Gasteiger partial charge < -0.3 is 5.73 Å². The topological polar surface area (TPSA) is 38.4 Å². The number of hydrogen-bond donors (Lipinski definition) is 1. The highest BCUT2D eigenvalue weighted by atomic mass is 32.2. The van der Waals surface area contributed by atoms with Gasteiger partial charge in [-0.25, -0.2) is 8.78 Å². The van der Waals surface area contributed by atoms with Gasteiger partial charge in [0.2, 0.25) is 0 Å². The first-order chi connectivity index (χ1) is 7.92. The summed E-state index contributed by atoms with van der Waals surface area (Å²) < 4.78 is 26.5. The molecule has 0 saturated carbocycles. The molecule has 2 rings (SSSR count). The van der Waals surface area contributed by atoms with Gasteiger partial charge in [0.1, 0.15) is 5.84 Å². The third-order valence-electron chi connectivity index (χ3n) is 2.85. The van der Waals surface area contributed by atoms with Crippen LogP contribution in [-0.2, 0) is 0 Å². The predicted octanol–water partition coefficient (Wildman–Crippen LogP) is 2.89. The molecule has 1 heterocycles. The first-order valence-electron chi connectivity index (χ1n) is 5.33. The van der Waals surface area contributed by atoms with Crippen molar-refractivity contribution in [2.45, 2.75) is 24.6 Å². The third kappa shape index (κ3) is 2.29. The molecular formula is C12H14F2N2S. The van der Waals surface area contributed by atoms with Gasteiger partial charge in [-0.2, -0.15) is 0 Å². The zero-order valence-electron chi connectivity index (χ0n) is 9.71. The molecule has 1 atom stereocenters. The van der Waals surface area contributed by atoms with Crippen molar-refractivity contribution in [3.05, 3.63) is 35.4 Å². The fraction of sp³-hybridized carbons (Fsp3) is 0.417. The minimum absolute atomic E-state index is 0.236. The summed E-state index contributed by atoms with van der Waals surface area (Å²) in [4.78, 5) is 4.27. The Kier molecular flexibility index (Phi) is 3.12. The minimum atomic E-state index is -0.842. The number of thioether (sulfide) groups is 1. The van der Waals surface area contributed by atoms with Gasteiger partial charge in [-0.1, -0.05) is 12.1 Å². The van der Waals surface area contributed by atoms with Crippen LogP contribution < -0.4 is 5.73 Å². The zero-order valence-corrected chi connectivity index (χ0v) is 10.5. The van der Waals surface area contributed by atoms with E-state index in [1.807, 2.05) is 13.8 Å². The molecule has 0 bridgehead atoms. The second kappa shape index (κ2) is 4.29. The normalized spacial score (nSPS) is 23.3. The van der Waals surface area contributed by atoms with Crippen molar-refractivity contribution >= 4 is 17.6 Å². The van der Waals surface area contributed by atoms with Gasteiger partial charge in [0.15, 0.2) is 11.6 Å². The summed E-state index contributed by atoms with van der Waals surface area (Å²) in [7, 11) is 0. The van der Waals surface area contributed by atoms with Gasteiger partial charge >= 0.3 is 0 Å². The quantitative estimate of drug-likeness (QED) is 0.839. The van der Waals surface area contributed by atoms with Crippen LogP contribution in [0.25, 0.3) is 0 Å². The lowest BCUT2D eigenvalue weighted by atomic mass is 10.1. The molecule has 2 nitrogen and oxygen atoms in total. The van der Waals surface area contributed by atoms with Crippen molar-refractivity contribution in [1.82, 2.24) is 0 Å². The lowest BCUT2D eigenvalue weighted by Crippen LogP contribution is -2.39. The van der Waals surface area contributed by atoms with Crippen molar-refractivity contribution in [1.29, 1.82) is 0 Å². The number of nitrogens with two attached hydrogens (primary N) is 1. The average molecular weight is 256 g/mol. The fourth-order valence-corrected chi connectivity index (χ4v) is 2.69. The highest BCUT2D eigenvalue weighted by molar-refractivity contribution is 8.01. The maximum Gasteiger partial charge on any atom is 0.164 e. The summed E-state index contributed by atoms with van der Waals surface area (Å²) in [6.07, 6.45) is 0. The van der Waals surface area contributed by atoms with Crippen LogP contribution in [0.3, 0.4) is 0 Å². The van der Waals surface area contributed by atoms with E-state index in [9.17, 15) is 8.78 Å². The Morgan fingerprint density at radius 2 is 2.12 bits per heavy atom. The summed E-state index contributed by atoms with van der Waals surface area (Å²) in [5.74, 6) is -0.587. The van der Waals surface area contributed by atoms with E-state index in [4.69, 9.17) is 5.73 Å². The van der Waals surface area contributed by atoms with Crippen LogP contribution in [0.2, 0.25) is 0 Å². The Hall–Kier alpha value is -1.10. The largest absolute Gasteiger partial charge is 0.386 e. The molecule has 0 aromatic heterocycles. The number of amidine groups is 1. The van der Waals surface area contributed by atoms with Crippen LogP contribution in [0, 0.1) is 11.6 Å². The van der Waals surface area contributed by atoms with Gasteiger partial charge in [-0.05, 0) is 19.9 Å². The van der Waals surface area contributed by atoms with E-state index in [0.717, 1.165) is 6.07 Å². The molecule has 17 heavy (non-hydrogen) atoms. The van der Waals surface area contributed by atoms with Crippen LogP contribution in [0.1, 0.15) is 25.5 Å². The molecule has 0 spiro atoms. The molecule has 1 aliphatic heterocycles. The SMILES string of the molecule is CC1(C)SCC(c2cccc(F)c2F)N=C1N. The van der Waals surface area contributed by atoms with E-state index in [1.54, 1.807) is 17.8 Å². The lowest BCUT2D eigenvalue weighted by molar-refractivity contribution is 0.492. The van der Waals surface area contributed by atoms with Crippen molar-refractivity contribution in [2.75, 3.05) is 5.75 Å². The molecule has 0 saturated heterocycles. The van der Waals surface area contributed by atoms with Crippen LogP contribution in [-0.4, -0.2) is 16.3 Å². The Balaban J connectivity index is 2.37. The molecule has 0 amide bonds. The Bertz CT molecular complexity index is 472. The second-order valence-electron chi connectivity index (χ2n) is 4.49. The standard InChI is InChI=1S/C12H14F2N2S/c1-12(2)11(15)16-9(6-17-12)7-4-3-5-8(13)10(7)14/h3-5,9H,6H2,1-2H3,(H2,15,16). The first kappa shape index (κ1) is 12.4. The number of benzene rings is 1. The number of halogens is 2. The van der Waals surface area contributed by atoms with Crippen LogP contribution in [0.15, 0.2) is 23.2 Å². The van der Waals surface area contributed by atoms with E-state index < -0.39 is 17.7 Å². The van der Waals surface area contributed by atoms with Gasteiger partial charge in [0.25, 0.3) is 0 Å². The maximum atomic E-state index is 13.6. The molecular weight excluding hydrogens is 242 g/mol. The van der Waals surface area contributed by atoms with E-state index in [0.29, 0.717) is 11.6 Å². The molecule has 0 aliphatic carbocycles. The lowest BCUT2D eigenvalue weighted by Gasteiger charge is -2.31. The Morgan fingerprint density at radius 3 is 2.76 bits per heavy atom. The number of aliphatic imine (C=N–C) groups is 1. The number of rotatable bonds is 1. The molecule has 1 unspecified atom stereocenters. The molecule has 1 aliphatic rings. The van der Waals surface area contributed by atoms with E-state index in [2.05, 4.69) is 4.99 Å². The molecule has 5 heteroatoms. The summed E-state index contributed by atoms with van der Waals surface area (Å²) in [5.41, 5.74) is 6.12. The summed E-state index contributed by atoms with van der Waals surface area (Å²) >= 11 is 1.60. The average Bonchev–Trinajstić information content (AvgIpc) is 2.26.